The Labute approximate surface area is 280 Å². The Morgan fingerprint density at radius 2 is 1.67 bits per heavy atom. The summed E-state index contributed by atoms with van der Waals surface area (Å²) in [5, 5.41) is 9.32. The number of aromatic carboxylic acids is 1. The molecule has 3 heterocycles. The Kier molecular flexibility index (Phi) is 8.88. The molecule has 6 rings (SSSR count). The molecule has 0 unspecified atom stereocenters. The molecule has 3 aromatic carbocycles. The Hall–Kier alpha value is -5.68. The normalized spacial score (nSPS) is 14.4. The van der Waals surface area contributed by atoms with E-state index < -0.39 is 18.0 Å². The van der Waals surface area contributed by atoms with Crippen molar-refractivity contribution in [1.29, 1.82) is 0 Å². The molecule has 1 N–H and O–H groups in total. The molecular weight excluding hydrogens is 630 g/mol. The number of esters is 1. The highest BCUT2D eigenvalue weighted by Gasteiger charge is 2.35. The standard InChI is InChI=1S/C37H33N3O7S/c1-6-47-36(44)31-32(23-10-8-7-9-11-23)38-37-40(33(31)25-14-17-28(45-4)29(19-25)46-5)34(41)30(48-37)20-26-18-21(2)39(22(26)3)27-15-12-24(13-16-27)35(42)43/h7-20,33H,6H2,1-5H3,(H,42,43)/b30-20+/t33-/m1/s1. The van der Waals surface area contributed by atoms with Crippen molar-refractivity contribution in [2.45, 2.75) is 26.8 Å². The van der Waals surface area contributed by atoms with Gasteiger partial charge >= 0.3 is 11.9 Å². The minimum Gasteiger partial charge on any atom is -0.493 e. The van der Waals surface area contributed by atoms with Gasteiger partial charge in [0.1, 0.15) is 0 Å². The summed E-state index contributed by atoms with van der Waals surface area (Å²) < 4.78 is 20.6. The molecule has 1 aliphatic heterocycles. The number of carbonyl (C=O) groups excluding carboxylic acids is 1. The molecule has 10 nitrogen and oxygen atoms in total. The third kappa shape index (κ3) is 5.73. The first-order valence-corrected chi connectivity index (χ1v) is 16.0. The number of fused-ring (bicyclic) bond motifs is 1. The summed E-state index contributed by atoms with van der Waals surface area (Å²) in [5.74, 6) is -0.618. The number of carbonyl (C=O) groups is 2. The van der Waals surface area contributed by atoms with E-state index in [0.29, 0.717) is 37.7 Å². The second-order valence-electron chi connectivity index (χ2n) is 11.1. The largest absolute Gasteiger partial charge is 0.493 e. The summed E-state index contributed by atoms with van der Waals surface area (Å²) in [4.78, 5) is 44.9. The van der Waals surface area contributed by atoms with E-state index >= 15 is 0 Å². The Morgan fingerprint density at radius 1 is 0.958 bits per heavy atom. The lowest BCUT2D eigenvalue weighted by molar-refractivity contribution is -0.138. The molecule has 48 heavy (non-hydrogen) atoms. The van der Waals surface area contributed by atoms with Gasteiger partial charge in [-0.1, -0.05) is 47.7 Å². The topological polar surface area (TPSA) is 121 Å². The molecule has 0 radical (unpaired) electrons. The second kappa shape index (κ2) is 13.2. The van der Waals surface area contributed by atoms with Gasteiger partial charge in [-0.15, -0.1) is 0 Å². The summed E-state index contributed by atoms with van der Waals surface area (Å²) in [6, 6.07) is 22.4. The smallest absolute Gasteiger partial charge is 0.338 e. The van der Waals surface area contributed by atoms with Gasteiger partial charge in [0.2, 0.25) is 0 Å². The number of carboxylic acid groups (broad SMARTS) is 1. The lowest BCUT2D eigenvalue weighted by atomic mass is 9.93. The van der Waals surface area contributed by atoms with E-state index in [1.807, 2.05) is 60.9 Å². The minimum atomic E-state index is -0.994. The van der Waals surface area contributed by atoms with Crippen LogP contribution in [-0.4, -0.2) is 47.0 Å². The van der Waals surface area contributed by atoms with Crippen LogP contribution < -0.4 is 24.4 Å². The molecule has 0 amide bonds. The molecule has 0 bridgehead atoms. The highest BCUT2D eigenvalue weighted by Crippen LogP contribution is 2.38. The van der Waals surface area contributed by atoms with Gasteiger partial charge in [-0.05, 0) is 80.4 Å². The third-order valence-corrected chi connectivity index (χ3v) is 9.21. The predicted molar refractivity (Wildman–Crippen MR) is 183 cm³/mol. The maximum absolute atomic E-state index is 14.4. The Morgan fingerprint density at radius 3 is 2.31 bits per heavy atom. The quantitative estimate of drug-likeness (QED) is 0.219. The molecular formula is C37H33N3O7S. The van der Waals surface area contributed by atoms with Crippen LogP contribution in [0.1, 0.15) is 51.4 Å². The van der Waals surface area contributed by atoms with Crippen LogP contribution >= 0.6 is 11.3 Å². The van der Waals surface area contributed by atoms with E-state index in [0.717, 1.165) is 22.6 Å². The van der Waals surface area contributed by atoms with Crippen molar-refractivity contribution in [3.05, 3.63) is 138 Å². The van der Waals surface area contributed by atoms with E-state index in [1.165, 1.54) is 18.4 Å². The number of hydrogen-bond acceptors (Lipinski definition) is 8. The van der Waals surface area contributed by atoms with Crippen molar-refractivity contribution in [3.8, 4) is 17.2 Å². The number of hydrogen-bond donors (Lipinski definition) is 1. The molecule has 244 valence electrons. The number of rotatable bonds is 9. The fourth-order valence-corrected chi connectivity index (χ4v) is 7.00. The lowest BCUT2D eigenvalue weighted by Gasteiger charge is -2.26. The Balaban J connectivity index is 1.59. The predicted octanol–water partition coefficient (Wildman–Crippen LogP) is 5.06. The van der Waals surface area contributed by atoms with Crippen LogP contribution in [0.3, 0.4) is 0 Å². The average molecular weight is 664 g/mol. The first kappa shape index (κ1) is 32.3. The van der Waals surface area contributed by atoms with Gasteiger partial charge in [0.25, 0.3) is 5.56 Å². The van der Waals surface area contributed by atoms with Gasteiger partial charge in [-0.25, -0.2) is 14.6 Å². The molecule has 0 aliphatic carbocycles. The van der Waals surface area contributed by atoms with E-state index in [9.17, 15) is 19.5 Å². The van der Waals surface area contributed by atoms with E-state index in [-0.39, 0.29) is 23.3 Å². The van der Waals surface area contributed by atoms with E-state index in [2.05, 4.69) is 0 Å². The number of ether oxygens (including phenoxy) is 3. The van der Waals surface area contributed by atoms with Gasteiger partial charge in [0, 0.05) is 22.6 Å². The molecule has 0 fully saturated rings. The highest BCUT2D eigenvalue weighted by atomic mass is 32.1. The molecule has 0 saturated heterocycles. The monoisotopic (exact) mass is 663 g/mol. The van der Waals surface area contributed by atoms with Gasteiger partial charge in [0.15, 0.2) is 16.3 Å². The van der Waals surface area contributed by atoms with Crippen LogP contribution in [0.25, 0.3) is 17.5 Å². The van der Waals surface area contributed by atoms with E-state index in [4.69, 9.17) is 19.2 Å². The van der Waals surface area contributed by atoms with Crippen LogP contribution in [0, 0.1) is 13.8 Å². The fourth-order valence-electron chi connectivity index (χ4n) is 6.00. The SMILES string of the molecule is CCOC(=O)C1=C(c2ccccc2)N=c2s/c(=C/c3cc(C)n(-c4ccc(C(=O)O)cc4)c3C)c(=O)n2[C@@H]1c1ccc(OC)c(OC)c1. The summed E-state index contributed by atoms with van der Waals surface area (Å²) in [5.41, 5.74) is 5.26. The molecule has 0 saturated carbocycles. The molecule has 5 aromatic rings. The third-order valence-electron chi connectivity index (χ3n) is 8.23. The Bertz CT molecular complexity index is 2260. The van der Waals surface area contributed by atoms with Crippen molar-refractivity contribution in [2.24, 2.45) is 4.99 Å². The second-order valence-corrected chi connectivity index (χ2v) is 12.1. The van der Waals surface area contributed by atoms with Gasteiger partial charge in [-0.2, -0.15) is 0 Å². The zero-order chi connectivity index (χ0) is 34.1. The van der Waals surface area contributed by atoms with Crippen LogP contribution in [0.5, 0.6) is 11.5 Å². The van der Waals surface area contributed by atoms with Crippen LogP contribution in [0.4, 0.5) is 0 Å². The van der Waals surface area contributed by atoms with Crippen molar-refractivity contribution >= 4 is 35.0 Å². The number of methoxy groups -OCH3 is 2. The number of carboxylic acids is 1. The number of aryl methyl sites for hydroxylation is 1. The lowest BCUT2D eigenvalue weighted by Crippen LogP contribution is -2.40. The molecule has 1 aliphatic rings. The summed E-state index contributed by atoms with van der Waals surface area (Å²) in [7, 11) is 3.07. The van der Waals surface area contributed by atoms with Crippen LogP contribution in [0.15, 0.2) is 94.2 Å². The van der Waals surface area contributed by atoms with Crippen molar-refractivity contribution in [1.82, 2.24) is 9.13 Å². The molecule has 1 atom stereocenters. The summed E-state index contributed by atoms with van der Waals surface area (Å²) >= 11 is 1.23. The maximum Gasteiger partial charge on any atom is 0.338 e. The zero-order valence-electron chi connectivity index (χ0n) is 27.0. The van der Waals surface area contributed by atoms with Crippen LogP contribution in [-0.2, 0) is 9.53 Å². The maximum atomic E-state index is 14.4. The molecule has 11 heteroatoms. The summed E-state index contributed by atoms with van der Waals surface area (Å²) in [6.45, 7) is 5.77. The fraction of sp³-hybridized carbons (Fsp3) is 0.189. The van der Waals surface area contributed by atoms with Crippen molar-refractivity contribution < 1.29 is 28.9 Å². The number of benzene rings is 3. The minimum absolute atomic E-state index is 0.141. The molecule has 2 aromatic heterocycles. The van der Waals surface area contributed by atoms with Crippen molar-refractivity contribution in [2.75, 3.05) is 20.8 Å². The zero-order valence-corrected chi connectivity index (χ0v) is 27.8. The van der Waals surface area contributed by atoms with Gasteiger partial charge in [-0.3, -0.25) is 9.36 Å². The average Bonchev–Trinajstić information content (AvgIpc) is 3.56. The van der Waals surface area contributed by atoms with Gasteiger partial charge in [0.05, 0.1) is 48.2 Å². The summed E-state index contributed by atoms with van der Waals surface area (Å²) in [6.07, 6.45) is 1.83. The number of aromatic nitrogens is 2. The first-order valence-electron chi connectivity index (χ1n) is 15.2. The van der Waals surface area contributed by atoms with Crippen LogP contribution in [0.2, 0.25) is 0 Å². The number of thiazole rings is 1. The van der Waals surface area contributed by atoms with E-state index in [1.54, 1.807) is 61.1 Å². The highest BCUT2D eigenvalue weighted by molar-refractivity contribution is 7.07. The van der Waals surface area contributed by atoms with Crippen molar-refractivity contribution in [3.63, 3.8) is 0 Å². The number of nitrogens with zero attached hydrogens (tertiary/aromatic N) is 3. The van der Waals surface area contributed by atoms with Gasteiger partial charge < -0.3 is 23.9 Å². The first-order chi connectivity index (χ1) is 23.2. The molecule has 0 spiro atoms.